The third kappa shape index (κ3) is 3.37. The number of hydrogen-bond acceptors (Lipinski definition) is 4. The fourth-order valence-electron chi connectivity index (χ4n) is 3.18. The first-order valence-corrected chi connectivity index (χ1v) is 10.7. The molecule has 0 bridgehead atoms. The molecule has 0 unspecified atom stereocenters. The highest BCUT2D eigenvalue weighted by atomic mass is 32.2. The van der Waals surface area contributed by atoms with E-state index in [9.17, 15) is 13.2 Å². The Morgan fingerprint density at radius 3 is 2.42 bits per heavy atom. The zero-order valence-corrected chi connectivity index (χ0v) is 15.9. The molecule has 24 heavy (non-hydrogen) atoms. The van der Waals surface area contributed by atoms with E-state index >= 15 is 0 Å². The molecule has 2 heterocycles. The Morgan fingerprint density at radius 2 is 1.83 bits per heavy atom. The first-order valence-electron chi connectivity index (χ1n) is 8.03. The molecule has 2 fully saturated rings. The number of aliphatic imine (C=N–C) groups is 1. The highest BCUT2D eigenvalue weighted by molar-refractivity contribution is 8.16. The predicted molar refractivity (Wildman–Crippen MR) is 99.5 cm³/mol. The molecule has 2 aliphatic rings. The van der Waals surface area contributed by atoms with Gasteiger partial charge in [0, 0.05) is 16.9 Å². The highest BCUT2D eigenvalue weighted by Gasteiger charge is 2.49. The molecule has 130 valence electrons. The van der Waals surface area contributed by atoms with Crippen LogP contribution in [-0.4, -0.2) is 42.3 Å². The molecule has 1 aromatic carbocycles. The Labute approximate surface area is 147 Å². The number of carbonyl (C=O) groups excluding carboxylic acids is 1. The highest BCUT2D eigenvalue weighted by Crippen LogP contribution is 2.41. The normalized spacial score (nSPS) is 27.0. The van der Waals surface area contributed by atoms with Crippen LogP contribution >= 0.6 is 11.8 Å². The van der Waals surface area contributed by atoms with E-state index in [2.05, 4.69) is 11.1 Å². The molecule has 0 spiro atoms. The topological polar surface area (TPSA) is 66.8 Å². The summed E-state index contributed by atoms with van der Waals surface area (Å²) in [5, 5.41) is 0.568. The summed E-state index contributed by atoms with van der Waals surface area (Å²) in [5.41, 5.74) is 3.13. The minimum atomic E-state index is -3.04. The van der Waals surface area contributed by atoms with E-state index in [1.54, 1.807) is 0 Å². The zero-order valence-electron chi connectivity index (χ0n) is 14.3. The van der Waals surface area contributed by atoms with E-state index in [-0.39, 0.29) is 34.6 Å². The summed E-state index contributed by atoms with van der Waals surface area (Å²) in [6, 6.07) is 5.97. The Hall–Kier alpha value is -1.34. The molecule has 1 amide bonds. The van der Waals surface area contributed by atoms with Gasteiger partial charge in [0.05, 0.1) is 17.5 Å². The Balaban J connectivity index is 2.06. The smallest absolute Gasteiger partial charge is 0.250 e. The van der Waals surface area contributed by atoms with Crippen molar-refractivity contribution in [2.75, 3.05) is 16.4 Å². The fraction of sp³-hybridized carbons (Fsp3) is 0.529. The van der Waals surface area contributed by atoms with Crippen molar-refractivity contribution in [2.24, 2.45) is 10.9 Å². The summed E-state index contributed by atoms with van der Waals surface area (Å²) in [7, 11) is -3.04. The standard InChI is InChI=1S/C17H22N2O3S2/c1-10(2)16(20)18-17-19(13-6-11(3)5-12(4)7-13)14-8-24(21,22)9-15(14)23-17/h5-7,10,14-15H,8-9H2,1-4H3/t14-,15-/m0/s1. The number of rotatable bonds is 2. The van der Waals surface area contributed by atoms with Crippen LogP contribution in [-0.2, 0) is 14.6 Å². The molecule has 3 rings (SSSR count). The minimum Gasteiger partial charge on any atom is -0.316 e. The maximum atomic E-state index is 12.1. The minimum absolute atomic E-state index is 0.0606. The maximum absolute atomic E-state index is 12.1. The van der Waals surface area contributed by atoms with Crippen molar-refractivity contribution in [1.29, 1.82) is 0 Å². The lowest BCUT2D eigenvalue weighted by Gasteiger charge is -2.25. The number of hydrogen-bond donors (Lipinski definition) is 0. The summed E-state index contributed by atoms with van der Waals surface area (Å²) in [5.74, 6) is -0.0801. The van der Waals surface area contributed by atoms with Gasteiger partial charge in [-0.05, 0) is 37.1 Å². The summed E-state index contributed by atoms with van der Waals surface area (Å²) in [6.45, 7) is 7.66. The van der Waals surface area contributed by atoms with Crippen molar-refractivity contribution in [3.63, 3.8) is 0 Å². The molecule has 5 nitrogen and oxygen atoms in total. The molecule has 0 radical (unpaired) electrons. The average Bonchev–Trinajstić information content (AvgIpc) is 2.88. The Kier molecular flexibility index (Phi) is 4.51. The number of sulfone groups is 1. The van der Waals surface area contributed by atoms with E-state index in [1.165, 1.54) is 11.8 Å². The van der Waals surface area contributed by atoms with Gasteiger partial charge in [-0.15, -0.1) is 0 Å². The van der Waals surface area contributed by atoms with Crippen molar-refractivity contribution >= 4 is 38.4 Å². The van der Waals surface area contributed by atoms with Gasteiger partial charge in [-0.3, -0.25) is 4.79 Å². The van der Waals surface area contributed by atoms with Gasteiger partial charge in [0.25, 0.3) is 5.91 Å². The number of nitrogens with zero attached hydrogens (tertiary/aromatic N) is 2. The molecule has 0 N–H and O–H groups in total. The molecule has 0 saturated carbocycles. The lowest BCUT2D eigenvalue weighted by Crippen LogP contribution is -2.38. The van der Waals surface area contributed by atoms with Gasteiger partial charge >= 0.3 is 0 Å². The van der Waals surface area contributed by atoms with Crippen molar-refractivity contribution in [2.45, 2.75) is 39.0 Å². The van der Waals surface area contributed by atoms with Gasteiger partial charge in [0.2, 0.25) is 0 Å². The summed E-state index contributed by atoms with van der Waals surface area (Å²) < 4.78 is 24.1. The molecule has 1 aromatic rings. The second-order valence-corrected chi connectivity index (χ2v) is 10.3. The lowest BCUT2D eigenvalue weighted by molar-refractivity contribution is -0.120. The first kappa shape index (κ1) is 17.5. The Bertz CT molecular complexity index is 795. The molecule has 0 aromatic heterocycles. The third-order valence-electron chi connectivity index (χ3n) is 4.25. The van der Waals surface area contributed by atoms with Gasteiger partial charge in [0.1, 0.15) is 0 Å². The third-order valence-corrected chi connectivity index (χ3v) is 7.46. The van der Waals surface area contributed by atoms with Crippen LogP contribution in [0.2, 0.25) is 0 Å². The summed E-state index contributed by atoms with van der Waals surface area (Å²) in [6.07, 6.45) is 0. The Morgan fingerprint density at radius 1 is 1.21 bits per heavy atom. The van der Waals surface area contributed by atoms with Crippen LogP contribution in [0, 0.1) is 19.8 Å². The number of thioether (sulfide) groups is 1. The van der Waals surface area contributed by atoms with Crippen molar-refractivity contribution < 1.29 is 13.2 Å². The van der Waals surface area contributed by atoms with Crippen LogP contribution in [0.5, 0.6) is 0 Å². The molecule has 7 heteroatoms. The van der Waals surface area contributed by atoms with Crippen molar-refractivity contribution in [3.05, 3.63) is 29.3 Å². The number of amides is 1. The van der Waals surface area contributed by atoms with Crippen LogP contribution in [0.1, 0.15) is 25.0 Å². The number of amidine groups is 1. The van der Waals surface area contributed by atoms with Gasteiger partial charge in [-0.2, -0.15) is 4.99 Å². The lowest BCUT2D eigenvalue weighted by atomic mass is 10.1. The molecule has 2 aliphatic heterocycles. The molecule has 2 saturated heterocycles. The number of aryl methyl sites for hydroxylation is 2. The van der Waals surface area contributed by atoms with Crippen LogP contribution in [0.15, 0.2) is 23.2 Å². The van der Waals surface area contributed by atoms with Gasteiger partial charge in [0.15, 0.2) is 15.0 Å². The molecule has 2 atom stereocenters. The van der Waals surface area contributed by atoms with Crippen LogP contribution in [0.4, 0.5) is 5.69 Å². The second-order valence-electron chi connectivity index (χ2n) is 6.90. The molecular formula is C17H22N2O3S2. The SMILES string of the molecule is Cc1cc(C)cc(N2C(=NC(=O)C(C)C)S[C@H]3CS(=O)(=O)C[C@@H]32)c1. The second kappa shape index (κ2) is 6.19. The maximum Gasteiger partial charge on any atom is 0.250 e. The summed E-state index contributed by atoms with van der Waals surface area (Å²) in [4.78, 5) is 18.4. The van der Waals surface area contributed by atoms with Crippen molar-refractivity contribution in [3.8, 4) is 0 Å². The van der Waals surface area contributed by atoms with E-state index in [1.807, 2.05) is 44.7 Å². The van der Waals surface area contributed by atoms with E-state index in [0.29, 0.717) is 5.17 Å². The number of carbonyl (C=O) groups is 1. The summed E-state index contributed by atoms with van der Waals surface area (Å²) >= 11 is 1.42. The van der Waals surface area contributed by atoms with Gasteiger partial charge < -0.3 is 4.90 Å². The van der Waals surface area contributed by atoms with E-state index in [4.69, 9.17) is 0 Å². The van der Waals surface area contributed by atoms with E-state index in [0.717, 1.165) is 16.8 Å². The largest absolute Gasteiger partial charge is 0.316 e. The zero-order chi connectivity index (χ0) is 17.6. The van der Waals surface area contributed by atoms with Crippen molar-refractivity contribution in [1.82, 2.24) is 0 Å². The predicted octanol–water partition coefficient (Wildman–Crippen LogP) is 2.56. The number of benzene rings is 1. The van der Waals surface area contributed by atoms with Crippen LogP contribution in [0.25, 0.3) is 0 Å². The van der Waals surface area contributed by atoms with E-state index < -0.39 is 9.84 Å². The number of fused-ring (bicyclic) bond motifs is 1. The molecular weight excluding hydrogens is 344 g/mol. The quantitative estimate of drug-likeness (QED) is 0.805. The van der Waals surface area contributed by atoms with Gasteiger partial charge in [-0.1, -0.05) is 31.7 Å². The van der Waals surface area contributed by atoms with Crippen LogP contribution < -0.4 is 4.90 Å². The van der Waals surface area contributed by atoms with Crippen LogP contribution in [0.3, 0.4) is 0 Å². The number of anilines is 1. The first-order chi connectivity index (χ1) is 11.2. The average molecular weight is 367 g/mol. The monoisotopic (exact) mass is 366 g/mol. The molecule has 0 aliphatic carbocycles. The fourth-order valence-corrected chi connectivity index (χ4v) is 7.10. The van der Waals surface area contributed by atoms with Gasteiger partial charge in [-0.25, -0.2) is 8.42 Å².